The fourth-order valence-electron chi connectivity index (χ4n) is 2.07. The first-order chi connectivity index (χ1) is 11.3. The number of amides is 1. The van der Waals surface area contributed by atoms with Gasteiger partial charge in [-0.05, 0) is 50.1 Å². The van der Waals surface area contributed by atoms with E-state index in [1.165, 1.54) is 6.07 Å². The maximum atomic E-state index is 13.3. The normalized spacial score (nSPS) is 11.7. The number of hydrogen-bond donors (Lipinski definition) is 1. The lowest BCUT2D eigenvalue weighted by Crippen LogP contribution is -2.30. The van der Waals surface area contributed by atoms with Crippen LogP contribution in [0.4, 0.5) is 15.8 Å². The Morgan fingerprint density at radius 1 is 1.29 bits per heavy atom. The van der Waals surface area contributed by atoms with E-state index in [-0.39, 0.29) is 5.69 Å². The maximum absolute atomic E-state index is 13.3. The van der Waals surface area contributed by atoms with Gasteiger partial charge in [-0.2, -0.15) is 4.39 Å². The lowest BCUT2D eigenvalue weighted by atomic mass is 10.1. The Hall–Kier alpha value is -2.96. The zero-order chi connectivity index (χ0) is 17.9. The molecule has 1 unspecified atom stereocenters. The number of halogens is 1. The van der Waals surface area contributed by atoms with Crippen molar-refractivity contribution in [1.82, 2.24) is 0 Å². The number of anilines is 1. The fourth-order valence-corrected chi connectivity index (χ4v) is 2.07. The zero-order valence-corrected chi connectivity index (χ0v) is 13.5. The third-order valence-corrected chi connectivity index (χ3v) is 3.64. The van der Waals surface area contributed by atoms with Gasteiger partial charge in [0.2, 0.25) is 5.82 Å². The summed E-state index contributed by atoms with van der Waals surface area (Å²) in [6.07, 6.45) is -0.824. The van der Waals surface area contributed by atoms with Gasteiger partial charge in [-0.3, -0.25) is 14.9 Å². The second-order valence-electron chi connectivity index (χ2n) is 5.37. The number of nitro benzene ring substituents is 1. The highest BCUT2D eigenvalue weighted by Crippen LogP contribution is 2.24. The molecule has 6 nitrogen and oxygen atoms in total. The van der Waals surface area contributed by atoms with E-state index in [1.54, 1.807) is 13.0 Å². The van der Waals surface area contributed by atoms with E-state index >= 15 is 0 Å². The molecule has 0 radical (unpaired) electrons. The van der Waals surface area contributed by atoms with Gasteiger partial charge in [0.25, 0.3) is 5.91 Å². The third-order valence-electron chi connectivity index (χ3n) is 3.64. The Kier molecular flexibility index (Phi) is 5.13. The summed E-state index contributed by atoms with van der Waals surface area (Å²) in [6.45, 7) is 5.39. The van der Waals surface area contributed by atoms with E-state index in [0.29, 0.717) is 5.75 Å². The molecule has 0 aromatic heterocycles. The van der Waals surface area contributed by atoms with Crippen LogP contribution in [0.1, 0.15) is 18.1 Å². The van der Waals surface area contributed by atoms with Crippen LogP contribution < -0.4 is 10.1 Å². The number of nitrogens with one attached hydrogen (secondary N) is 1. The molecule has 0 aliphatic heterocycles. The summed E-state index contributed by atoms with van der Waals surface area (Å²) in [5.41, 5.74) is 1.39. The van der Waals surface area contributed by atoms with Gasteiger partial charge in [0.05, 0.1) is 4.92 Å². The summed E-state index contributed by atoms with van der Waals surface area (Å²) >= 11 is 0. The topological polar surface area (TPSA) is 81.5 Å². The van der Waals surface area contributed by atoms with Crippen LogP contribution in [-0.4, -0.2) is 16.9 Å². The van der Waals surface area contributed by atoms with Crippen molar-refractivity contribution >= 4 is 17.3 Å². The Labute approximate surface area is 138 Å². The van der Waals surface area contributed by atoms with E-state index in [0.717, 1.165) is 23.3 Å². The quantitative estimate of drug-likeness (QED) is 0.668. The van der Waals surface area contributed by atoms with Crippen LogP contribution in [0.15, 0.2) is 36.4 Å². The van der Waals surface area contributed by atoms with Crippen LogP contribution in [0.25, 0.3) is 0 Å². The van der Waals surface area contributed by atoms with Crippen molar-refractivity contribution in [3.05, 3.63) is 63.5 Å². The predicted molar refractivity (Wildman–Crippen MR) is 87.7 cm³/mol. The minimum atomic E-state index is -0.960. The minimum absolute atomic E-state index is 0.129. The molecule has 0 heterocycles. The van der Waals surface area contributed by atoms with E-state index in [1.807, 2.05) is 26.0 Å². The van der Waals surface area contributed by atoms with Crippen molar-refractivity contribution < 1.29 is 18.8 Å². The minimum Gasteiger partial charge on any atom is -0.481 e. The summed E-state index contributed by atoms with van der Waals surface area (Å²) in [5.74, 6) is -0.864. The first kappa shape index (κ1) is 17.4. The molecule has 0 aliphatic carbocycles. The van der Waals surface area contributed by atoms with Gasteiger partial charge in [0.15, 0.2) is 6.10 Å². The van der Waals surface area contributed by atoms with E-state index in [4.69, 9.17) is 4.74 Å². The van der Waals surface area contributed by atoms with Gasteiger partial charge in [-0.1, -0.05) is 12.1 Å². The first-order valence-corrected chi connectivity index (χ1v) is 7.27. The van der Waals surface area contributed by atoms with Gasteiger partial charge < -0.3 is 10.1 Å². The molecule has 2 aromatic carbocycles. The molecule has 7 heteroatoms. The van der Waals surface area contributed by atoms with Crippen LogP contribution in [0.2, 0.25) is 0 Å². The molecule has 24 heavy (non-hydrogen) atoms. The third kappa shape index (κ3) is 3.87. The molecular weight excluding hydrogens is 315 g/mol. The molecule has 0 saturated heterocycles. The standard InChI is InChI=1S/C17H17FN2O4/c1-10-5-4-6-16(11(10)2)24-12(3)17(21)19-13-7-8-14(18)15(9-13)20(22)23/h4-9,12H,1-3H3,(H,19,21). The monoisotopic (exact) mass is 332 g/mol. The van der Waals surface area contributed by atoms with E-state index < -0.39 is 28.4 Å². The molecule has 0 spiro atoms. The molecule has 0 saturated carbocycles. The van der Waals surface area contributed by atoms with Crippen molar-refractivity contribution in [2.75, 3.05) is 5.32 Å². The molecule has 1 atom stereocenters. The zero-order valence-electron chi connectivity index (χ0n) is 13.5. The fraction of sp³-hybridized carbons (Fsp3) is 0.235. The average molecular weight is 332 g/mol. The van der Waals surface area contributed by atoms with Crippen molar-refractivity contribution in [2.45, 2.75) is 26.9 Å². The Morgan fingerprint density at radius 3 is 2.67 bits per heavy atom. The number of aryl methyl sites for hydroxylation is 1. The number of nitrogens with zero attached hydrogens (tertiary/aromatic N) is 1. The number of hydrogen-bond acceptors (Lipinski definition) is 4. The molecule has 1 amide bonds. The Morgan fingerprint density at radius 2 is 2.00 bits per heavy atom. The Bertz CT molecular complexity index is 792. The van der Waals surface area contributed by atoms with Crippen LogP contribution >= 0.6 is 0 Å². The second-order valence-corrected chi connectivity index (χ2v) is 5.37. The first-order valence-electron chi connectivity index (χ1n) is 7.27. The molecular formula is C17H17FN2O4. The van der Waals surface area contributed by atoms with Crippen LogP contribution in [0.5, 0.6) is 5.75 Å². The van der Waals surface area contributed by atoms with Crippen molar-refractivity contribution in [3.8, 4) is 5.75 Å². The predicted octanol–water partition coefficient (Wildman–Crippen LogP) is 3.76. The summed E-state index contributed by atoms with van der Waals surface area (Å²) in [4.78, 5) is 22.1. The summed E-state index contributed by atoms with van der Waals surface area (Å²) < 4.78 is 18.9. The highest BCUT2D eigenvalue weighted by molar-refractivity contribution is 5.94. The van der Waals surface area contributed by atoms with Crippen LogP contribution in [0, 0.1) is 29.8 Å². The molecule has 0 aliphatic rings. The van der Waals surface area contributed by atoms with Crippen molar-refractivity contribution in [2.24, 2.45) is 0 Å². The number of rotatable bonds is 5. The second kappa shape index (κ2) is 7.08. The van der Waals surface area contributed by atoms with Crippen LogP contribution in [0.3, 0.4) is 0 Å². The van der Waals surface area contributed by atoms with Gasteiger partial charge >= 0.3 is 5.69 Å². The van der Waals surface area contributed by atoms with Crippen molar-refractivity contribution in [1.29, 1.82) is 0 Å². The van der Waals surface area contributed by atoms with Crippen LogP contribution in [-0.2, 0) is 4.79 Å². The average Bonchev–Trinajstić information content (AvgIpc) is 2.53. The van der Waals surface area contributed by atoms with Gasteiger partial charge in [-0.15, -0.1) is 0 Å². The van der Waals surface area contributed by atoms with E-state index in [2.05, 4.69) is 5.32 Å². The number of benzene rings is 2. The lowest BCUT2D eigenvalue weighted by Gasteiger charge is -2.17. The molecule has 1 N–H and O–H groups in total. The highest BCUT2D eigenvalue weighted by Gasteiger charge is 2.19. The summed E-state index contributed by atoms with van der Waals surface area (Å²) in [5, 5.41) is 13.2. The number of carbonyl (C=O) groups excluding carboxylic acids is 1. The number of ether oxygens (including phenoxy) is 1. The maximum Gasteiger partial charge on any atom is 0.306 e. The summed E-state index contributed by atoms with van der Waals surface area (Å²) in [7, 11) is 0. The molecule has 0 fully saturated rings. The lowest BCUT2D eigenvalue weighted by molar-refractivity contribution is -0.387. The highest BCUT2D eigenvalue weighted by atomic mass is 19.1. The van der Waals surface area contributed by atoms with Gasteiger partial charge in [0, 0.05) is 11.8 Å². The molecule has 126 valence electrons. The largest absolute Gasteiger partial charge is 0.481 e. The summed E-state index contributed by atoms with van der Waals surface area (Å²) in [6, 6.07) is 8.68. The Balaban J connectivity index is 2.10. The van der Waals surface area contributed by atoms with Crippen molar-refractivity contribution in [3.63, 3.8) is 0 Å². The SMILES string of the molecule is Cc1cccc(OC(C)C(=O)Nc2ccc(F)c([N+](=O)[O-])c2)c1C. The molecule has 2 aromatic rings. The molecule has 0 bridgehead atoms. The van der Waals surface area contributed by atoms with Gasteiger partial charge in [-0.25, -0.2) is 0 Å². The van der Waals surface area contributed by atoms with E-state index in [9.17, 15) is 19.3 Å². The van der Waals surface area contributed by atoms with Gasteiger partial charge in [0.1, 0.15) is 5.75 Å². The number of carbonyl (C=O) groups is 1. The smallest absolute Gasteiger partial charge is 0.306 e. The number of nitro groups is 1. The molecule has 2 rings (SSSR count).